The summed E-state index contributed by atoms with van der Waals surface area (Å²) in [6.45, 7) is 3.07. The summed E-state index contributed by atoms with van der Waals surface area (Å²) in [5, 5.41) is 12.0. The van der Waals surface area contributed by atoms with Crippen molar-refractivity contribution >= 4 is 11.9 Å². The fourth-order valence-electron chi connectivity index (χ4n) is 2.84. The summed E-state index contributed by atoms with van der Waals surface area (Å²) < 4.78 is 0. The molecule has 1 aliphatic carbocycles. The van der Waals surface area contributed by atoms with Crippen LogP contribution in [0.15, 0.2) is 0 Å². The Balaban J connectivity index is 2.27. The highest BCUT2D eigenvalue weighted by Crippen LogP contribution is 2.40. The fourth-order valence-corrected chi connectivity index (χ4v) is 2.84. The number of carbonyl (C=O) groups is 2. The molecule has 0 aliphatic heterocycles. The van der Waals surface area contributed by atoms with Crippen molar-refractivity contribution in [3.63, 3.8) is 0 Å². The average molecular weight is 284 g/mol. The highest BCUT2D eigenvalue weighted by molar-refractivity contribution is 5.79. The van der Waals surface area contributed by atoms with Crippen molar-refractivity contribution in [3.8, 4) is 0 Å². The molecule has 0 spiro atoms. The third-order valence-corrected chi connectivity index (χ3v) is 4.44. The van der Waals surface area contributed by atoms with Gasteiger partial charge in [0.2, 0.25) is 5.91 Å². The number of nitrogens with two attached hydrogens (primary N) is 1. The van der Waals surface area contributed by atoms with Gasteiger partial charge in [0.25, 0.3) is 0 Å². The molecule has 0 bridgehead atoms. The van der Waals surface area contributed by atoms with Crippen molar-refractivity contribution in [1.82, 2.24) is 5.32 Å². The Morgan fingerprint density at radius 1 is 1.30 bits per heavy atom. The Labute approximate surface area is 121 Å². The molecule has 1 amide bonds. The van der Waals surface area contributed by atoms with Crippen LogP contribution in [0.1, 0.15) is 58.3 Å². The van der Waals surface area contributed by atoms with Crippen molar-refractivity contribution in [2.24, 2.45) is 17.1 Å². The van der Waals surface area contributed by atoms with Gasteiger partial charge in [-0.05, 0) is 38.1 Å². The Kier molecular flexibility index (Phi) is 6.99. The molecule has 1 fully saturated rings. The maximum Gasteiger partial charge on any atom is 0.311 e. The normalized spacial score (nSPS) is 18.1. The molecular weight excluding hydrogens is 256 g/mol. The molecular formula is C15H28N2O3. The van der Waals surface area contributed by atoms with E-state index in [1.54, 1.807) is 0 Å². The van der Waals surface area contributed by atoms with Crippen molar-refractivity contribution in [2.45, 2.75) is 58.3 Å². The molecule has 20 heavy (non-hydrogen) atoms. The number of amides is 1. The second kappa shape index (κ2) is 8.25. The van der Waals surface area contributed by atoms with Crippen LogP contribution >= 0.6 is 0 Å². The van der Waals surface area contributed by atoms with Gasteiger partial charge in [0, 0.05) is 13.0 Å². The van der Waals surface area contributed by atoms with Crippen LogP contribution in [0.4, 0.5) is 0 Å². The number of carboxylic acids is 1. The lowest BCUT2D eigenvalue weighted by Gasteiger charge is -2.37. The smallest absolute Gasteiger partial charge is 0.311 e. The fraction of sp³-hybridized carbons (Fsp3) is 0.867. The molecule has 0 heterocycles. The number of carboxylic acid groups (broad SMARTS) is 1. The quantitative estimate of drug-likeness (QED) is 0.571. The second-order valence-corrected chi connectivity index (χ2v) is 5.99. The predicted molar refractivity (Wildman–Crippen MR) is 78.2 cm³/mol. The first-order chi connectivity index (χ1) is 9.54. The summed E-state index contributed by atoms with van der Waals surface area (Å²) in [5.74, 6) is -0.306. The van der Waals surface area contributed by atoms with Crippen LogP contribution in [0.3, 0.4) is 0 Å². The van der Waals surface area contributed by atoms with E-state index in [-0.39, 0.29) is 12.5 Å². The molecule has 5 nitrogen and oxygen atoms in total. The van der Waals surface area contributed by atoms with Gasteiger partial charge >= 0.3 is 5.97 Å². The first kappa shape index (κ1) is 17.0. The first-order valence-electron chi connectivity index (χ1n) is 7.74. The maximum absolute atomic E-state index is 11.8. The van der Waals surface area contributed by atoms with Gasteiger partial charge in [0.1, 0.15) is 0 Å². The number of carbonyl (C=O) groups excluding carboxylic acids is 1. The zero-order valence-corrected chi connectivity index (χ0v) is 12.5. The zero-order valence-electron chi connectivity index (χ0n) is 12.5. The molecule has 116 valence electrons. The van der Waals surface area contributed by atoms with Crippen molar-refractivity contribution < 1.29 is 14.7 Å². The Hall–Kier alpha value is -1.10. The lowest BCUT2D eigenvalue weighted by Crippen LogP contribution is -2.47. The van der Waals surface area contributed by atoms with Crippen LogP contribution in [0.25, 0.3) is 0 Å². The van der Waals surface area contributed by atoms with Gasteiger partial charge in [0.05, 0.1) is 5.41 Å². The first-order valence-corrected chi connectivity index (χ1v) is 7.74. The molecule has 0 radical (unpaired) electrons. The number of nitrogens with one attached hydrogen (secondary N) is 1. The summed E-state index contributed by atoms with van der Waals surface area (Å²) in [4.78, 5) is 23.0. The van der Waals surface area contributed by atoms with Gasteiger partial charge in [-0.25, -0.2) is 0 Å². The monoisotopic (exact) mass is 284 g/mol. The maximum atomic E-state index is 11.8. The molecule has 0 aromatic carbocycles. The average Bonchev–Trinajstić information content (AvgIpc) is 2.34. The lowest BCUT2D eigenvalue weighted by molar-refractivity contribution is -0.154. The number of rotatable bonds is 10. The molecule has 1 rings (SSSR count). The lowest BCUT2D eigenvalue weighted by atomic mass is 9.69. The molecule has 1 unspecified atom stereocenters. The Bertz CT molecular complexity index is 321. The standard InChI is InChI=1S/C15H28N2O3/c1-2-4-12(7-10-16)5-6-13(18)17-11-15(14(19)20)8-3-9-15/h12H,2-11,16H2,1H3,(H,17,18)(H,19,20). The van der Waals surface area contributed by atoms with Crippen LogP contribution in [-0.2, 0) is 9.59 Å². The molecule has 0 saturated heterocycles. The van der Waals surface area contributed by atoms with E-state index in [4.69, 9.17) is 5.73 Å². The summed E-state index contributed by atoms with van der Waals surface area (Å²) in [5.41, 5.74) is 4.88. The van der Waals surface area contributed by atoms with E-state index in [0.717, 1.165) is 32.1 Å². The van der Waals surface area contributed by atoms with Gasteiger partial charge in [-0.3, -0.25) is 9.59 Å². The van der Waals surface area contributed by atoms with E-state index >= 15 is 0 Å². The second-order valence-electron chi connectivity index (χ2n) is 5.99. The Morgan fingerprint density at radius 2 is 2.00 bits per heavy atom. The van der Waals surface area contributed by atoms with Gasteiger partial charge in [0.15, 0.2) is 0 Å². The molecule has 0 aromatic heterocycles. The highest BCUT2D eigenvalue weighted by Gasteiger charge is 2.44. The number of hydrogen-bond acceptors (Lipinski definition) is 3. The van der Waals surface area contributed by atoms with Crippen LogP contribution < -0.4 is 11.1 Å². The highest BCUT2D eigenvalue weighted by atomic mass is 16.4. The minimum Gasteiger partial charge on any atom is -0.481 e. The van der Waals surface area contributed by atoms with Gasteiger partial charge in [-0.1, -0.05) is 26.2 Å². The minimum absolute atomic E-state index is 0.0318. The number of hydrogen-bond donors (Lipinski definition) is 3. The van der Waals surface area contributed by atoms with E-state index in [2.05, 4.69) is 12.2 Å². The van der Waals surface area contributed by atoms with Crippen LogP contribution in [-0.4, -0.2) is 30.1 Å². The largest absolute Gasteiger partial charge is 0.481 e. The van der Waals surface area contributed by atoms with E-state index in [0.29, 0.717) is 31.7 Å². The van der Waals surface area contributed by atoms with Crippen LogP contribution in [0, 0.1) is 11.3 Å². The summed E-state index contributed by atoms with van der Waals surface area (Å²) >= 11 is 0. The van der Waals surface area contributed by atoms with E-state index in [1.807, 2.05) is 0 Å². The third kappa shape index (κ3) is 4.78. The zero-order chi connectivity index (χ0) is 15.0. The minimum atomic E-state index is -0.781. The van der Waals surface area contributed by atoms with E-state index in [1.165, 1.54) is 0 Å². The van der Waals surface area contributed by atoms with Gasteiger partial charge < -0.3 is 16.2 Å². The Morgan fingerprint density at radius 3 is 2.45 bits per heavy atom. The molecule has 0 aromatic rings. The summed E-state index contributed by atoms with van der Waals surface area (Å²) in [7, 11) is 0. The van der Waals surface area contributed by atoms with Gasteiger partial charge in [-0.2, -0.15) is 0 Å². The third-order valence-electron chi connectivity index (χ3n) is 4.44. The molecule has 4 N–H and O–H groups in total. The van der Waals surface area contributed by atoms with Crippen molar-refractivity contribution in [1.29, 1.82) is 0 Å². The molecule has 1 atom stereocenters. The SMILES string of the molecule is CCCC(CCN)CCC(=O)NCC1(C(=O)O)CCC1. The molecule has 1 aliphatic rings. The molecule has 5 heteroatoms. The van der Waals surface area contributed by atoms with Crippen LogP contribution in [0.2, 0.25) is 0 Å². The summed E-state index contributed by atoms with van der Waals surface area (Å²) in [6.07, 6.45) is 6.77. The van der Waals surface area contributed by atoms with Crippen molar-refractivity contribution in [3.05, 3.63) is 0 Å². The predicted octanol–water partition coefficient (Wildman–Crippen LogP) is 1.90. The molecule has 1 saturated carbocycles. The van der Waals surface area contributed by atoms with Crippen molar-refractivity contribution in [2.75, 3.05) is 13.1 Å². The summed E-state index contributed by atoms with van der Waals surface area (Å²) in [6, 6.07) is 0. The van der Waals surface area contributed by atoms with E-state index < -0.39 is 11.4 Å². The van der Waals surface area contributed by atoms with E-state index in [9.17, 15) is 14.7 Å². The topological polar surface area (TPSA) is 92.4 Å². The van der Waals surface area contributed by atoms with Gasteiger partial charge in [-0.15, -0.1) is 0 Å². The number of aliphatic carboxylic acids is 1. The van der Waals surface area contributed by atoms with Crippen LogP contribution in [0.5, 0.6) is 0 Å².